The number of nitrogens with zero attached hydrogens (tertiary/aromatic N) is 2. The van der Waals surface area contributed by atoms with Gasteiger partial charge in [0, 0.05) is 13.2 Å². The molecular weight excluding hydrogens is 156 g/mol. The molecule has 1 heterocycles. The molecule has 1 aromatic heterocycles. The van der Waals surface area contributed by atoms with Crippen LogP contribution in [0.25, 0.3) is 0 Å². The summed E-state index contributed by atoms with van der Waals surface area (Å²) in [5.74, 6) is 0.337. The average molecular weight is 168 g/mol. The molecule has 0 aliphatic heterocycles. The van der Waals surface area contributed by atoms with Crippen molar-refractivity contribution in [1.29, 1.82) is 0 Å². The van der Waals surface area contributed by atoms with Crippen LogP contribution in [-0.2, 0) is 4.79 Å². The normalized spacial score (nSPS) is 12.5. The number of likely N-dealkylation sites (N-methyl/N-ethyl adjacent to an activating group) is 1. The Morgan fingerprint density at radius 3 is 2.92 bits per heavy atom. The number of carbonyl (C=O) groups excluding carboxylic acids is 1. The fourth-order valence-electron chi connectivity index (χ4n) is 0.897. The van der Waals surface area contributed by atoms with Crippen LogP contribution in [0.4, 0.5) is 5.82 Å². The molecule has 0 spiro atoms. The third-order valence-corrected chi connectivity index (χ3v) is 1.65. The monoisotopic (exact) mass is 168 g/mol. The van der Waals surface area contributed by atoms with Crippen molar-refractivity contribution in [1.82, 2.24) is 15.1 Å². The number of nitrogens with two attached hydrogens (primary N) is 1. The highest BCUT2D eigenvalue weighted by Gasteiger charge is 2.12. The molecule has 1 unspecified atom stereocenters. The van der Waals surface area contributed by atoms with Crippen molar-refractivity contribution in [2.75, 3.05) is 12.8 Å². The SMILES string of the molecule is CNC(=O)C(C)n1ccc(N)n1. The van der Waals surface area contributed by atoms with Crippen LogP contribution in [0.5, 0.6) is 0 Å². The van der Waals surface area contributed by atoms with E-state index < -0.39 is 0 Å². The smallest absolute Gasteiger partial charge is 0.244 e. The number of hydrogen-bond donors (Lipinski definition) is 2. The van der Waals surface area contributed by atoms with E-state index in [1.165, 1.54) is 4.68 Å². The Morgan fingerprint density at radius 2 is 2.50 bits per heavy atom. The predicted molar refractivity (Wildman–Crippen MR) is 45.4 cm³/mol. The van der Waals surface area contributed by atoms with Gasteiger partial charge in [0.15, 0.2) is 0 Å². The van der Waals surface area contributed by atoms with E-state index in [9.17, 15) is 4.79 Å². The van der Waals surface area contributed by atoms with Crippen molar-refractivity contribution in [3.8, 4) is 0 Å². The third-order valence-electron chi connectivity index (χ3n) is 1.65. The lowest BCUT2D eigenvalue weighted by molar-refractivity contribution is -0.123. The first-order chi connectivity index (χ1) is 5.65. The van der Waals surface area contributed by atoms with Crippen molar-refractivity contribution in [3.05, 3.63) is 12.3 Å². The summed E-state index contributed by atoms with van der Waals surface area (Å²) >= 11 is 0. The zero-order valence-corrected chi connectivity index (χ0v) is 7.11. The van der Waals surface area contributed by atoms with Crippen molar-refractivity contribution < 1.29 is 4.79 Å². The quantitative estimate of drug-likeness (QED) is 0.640. The molecule has 5 heteroatoms. The minimum atomic E-state index is -0.313. The minimum absolute atomic E-state index is 0.0851. The molecule has 0 radical (unpaired) electrons. The van der Waals surface area contributed by atoms with Gasteiger partial charge in [-0.15, -0.1) is 0 Å². The molecule has 5 nitrogen and oxygen atoms in total. The summed E-state index contributed by atoms with van der Waals surface area (Å²) < 4.78 is 1.52. The summed E-state index contributed by atoms with van der Waals surface area (Å²) in [5.41, 5.74) is 5.39. The molecule has 3 N–H and O–H groups in total. The van der Waals surface area contributed by atoms with Crippen LogP contribution in [0.15, 0.2) is 12.3 Å². The van der Waals surface area contributed by atoms with E-state index in [-0.39, 0.29) is 11.9 Å². The zero-order valence-electron chi connectivity index (χ0n) is 7.11. The summed E-state index contributed by atoms with van der Waals surface area (Å²) in [5, 5.41) is 6.45. The summed E-state index contributed by atoms with van der Waals surface area (Å²) in [6.07, 6.45) is 1.68. The number of nitrogen functional groups attached to an aromatic ring is 1. The second-order valence-electron chi connectivity index (χ2n) is 2.51. The average Bonchev–Trinajstić information content (AvgIpc) is 2.49. The topological polar surface area (TPSA) is 72.9 Å². The highest BCUT2D eigenvalue weighted by molar-refractivity contribution is 5.79. The van der Waals surface area contributed by atoms with Gasteiger partial charge in [0.2, 0.25) is 5.91 Å². The lowest BCUT2D eigenvalue weighted by Gasteiger charge is -2.09. The van der Waals surface area contributed by atoms with Gasteiger partial charge in [-0.2, -0.15) is 5.10 Å². The Morgan fingerprint density at radius 1 is 1.83 bits per heavy atom. The number of carbonyl (C=O) groups is 1. The van der Waals surface area contributed by atoms with Crippen molar-refractivity contribution in [2.45, 2.75) is 13.0 Å². The van der Waals surface area contributed by atoms with Crippen LogP contribution >= 0.6 is 0 Å². The second-order valence-corrected chi connectivity index (χ2v) is 2.51. The summed E-state index contributed by atoms with van der Waals surface area (Å²) in [7, 11) is 1.59. The number of aromatic nitrogens is 2. The summed E-state index contributed by atoms with van der Waals surface area (Å²) in [4.78, 5) is 11.1. The van der Waals surface area contributed by atoms with E-state index in [1.807, 2.05) is 0 Å². The predicted octanol–water partition coefficient (Wildman–Crippen LogP) is -0.228. The Kier molecular flexibility index (Phi) is 2.32. The molecule has 1 amide bonds. The third kappa shape index (κ3) is 1.55. The van der Waals surface area contributed by atoms with E-state index in [2.05, 4.69) is 10.4 Å². The van der Waals surface area contributed by atoms with Gasteiger partial charge in [-0.1, -0.05) is 0 Å². The van der Waals surface area contributed by atoms with Crippen LogP contribution in [0.3, 0.4) is 0 Å². The molecular formula is C7H12N4O. The van der Waals surface area contributed by atoms with Gasteiger partial charge in [-0.25, -0.2) is 0 Å². The molecule has 0 aliphatic carbocycles. The van der Waals surface area contributed by atoms with E-state index in [0.29, 0.717) is 5.82 Å². The second kappa shape index (κ2) is 3.25. The Balaban J connectivity index is 2.77. The van der Waals surface area contributed by atoms with Gasteiger partial charge >= 0.3 is 0 Å². The van der Waals surface area contributed by atoms with Gasteiger partial charge in [0.25, 0.3) is 0 Å². The standard InChI is InChI=1S/C7H12N4O/c1-5(7(12)9-2)11-4-3-6(8)10-11/h3-5H,1-2H3,(H2,8,10)(H,9,12). The maximum atomic E-state index is 11.1. The molecule has 0 aliphatic rings. The highest BCUT2D eigenvalue weighted by atomic mass is 16.2. The van der Waals surface area contributed by atoms with Gasteiger partial charge < -0.3 is 11.1 Å². The van der Waals surface area contributed by atoms with Gasteiger partial charge in [-0.05, 0) is 13.0 Å². The van der Waals surface area contributed by atoms with Crippen LogP contribution in [0.1, 0.15) is 13.0 Å². The van der Waals surface area contributed by atoms with Crippen molar-refractivity contribution in [3.63, 3.8) is 0 Å². The lowest BCUT2D eigenvalue weighted by Crippen LogP contribution is -2.28. The van der Waals surface area contributed by atoms with E-state index in [0.717, 1.165) is 0 Å². The molecule has 0 aromatic carbocycles. The Labute approximate surface area is 70.5 Å². The van der Waals surface area contributed by atoms with Gasteiger partial charge in [-0.3, -0.25) is 9.48 Å². The fraction of sp³-hybridized carbons (Fsp3) is 0.429. The van der Waals surface area contributed by atoms with E-state index in [1.54, 1.807) is 26.2 Å². The Bertz CT molecular complexity index is 281. The highest BCUT2D eigenvalue weighted by Crippen LogP contribution is 2.05. The van der Waals surface area contributed by atoms with Gasteiger partial charge in [0.1, 0.15) is 11.9 Å². The molecule has 12 heavy (non-hydrogen) atoms. The van der Waals surface area contributed by atoms with Crippen molar-refractivity contribution in [2.24, 2.45) is 0 Å². The largest absolute Gasteiger partial charge is 0.382 e. The molecule has 1 aromatic rings. The minimum Gasteiger partial charge on any atom is -0.382 e. The molecule has 1 rings (SSSR count). The number of rotatable bonds is 2. The lowest BCUT2D eigenvalue weighted by atomic mass is 10.3. The maximum Gasteiger partial charge on any atom is 0.244 e. The van der Waals surface area contributed by atoms with Crippen LogP contribution in [0.2, 0.25) is 0 Å². The maximum absolute atomic E-state index is 11.1. The molecule has 0 bridgehead atoms. The first-order valence-corrected chi connectivity index (χ1v) is 3.67. The molecule has 0 saturated carbocycles. The molecule has 1 atom stereocenters. The summed E-state index contributed by atoms with van der Waals surface area (Å²) in [6.45, 7) is 1.76. The first kappa shape index (κ1) is 8.58. The molecule has 0 saturated heterocycles. The van der Waals surface area contributed by atoms with Crippen LogP contribution in [-0.4, -0.2) is 22.7 Å². The number of nitrogens with one attached hydrogen (secondary N) is 1. The number of anilines is 1. The molecule has 66 valence electrons. The zero-order chi connectivity index (χ0) is 9.14. The van der Waals surface area contributed by atoms with E-state index in [4.69, 9.17) is 5.73 Å². The van der Waals surface area contributed by atoms with Gasteiger partial charge in [0.05, 0.1) is 0 Å². The van der Waals surface area contributed by atoms with Crippen molar-refractivity contribution >= 4 is 11.7 Å². The summed E-state index contributed by atoms with van der Waals surface area (Å²) in [6, 6.07) is 1.34. The van der Waals surface area contributed by atoms with E-state index >= 15 is 0 Å². The first-order valence-electron chi connectivity index (χ1n) is 3.67. The molecule has 0 fully saturated rings. The Hall–Kier alpha value is -1.52. The van der Waals surface area contributed by atoms with Crippen LogP contribution in [0, 0.1) is 0 Å². The number of hydrogen-bond acceptors (Lipinski definition) is 3. The fourth-order valence-corrected chi connectivity index (χ4v) is 0.897. The number of amides is 1. The van der Waals surface area contributed by atoms with Crippen LogP contribution < -0.4 is 11.1 Å².